The normalized spacial score (nSPS) is 11.3. The minimum absolute atomic E-state index is 1.09. The molecule has 0 N–H and O–H groups in total. The Labute approximate surface area is 230 Å². The van der Waals surface area contributed by atoms with Gasteiger partial charge in [-0.2, -0.15) is 0 Å². The van der Waals surface area contributed by atoms with Crippen LogP contribution >= 0.6 is 15.9 Å². The van der Waals surface area contributed by atoms with E-state index in [1.165, 1.54) is 55.2 Å². The van der Waals surface area contributed by atoms with Gasteiger partial charge in [0.05, 0.1) is 11.0 Å². The minimum atomic E-state index is 1.09. The molecule has 0 atom stereocenters. The zero-order valence-electron chi connectivity index (χ0n) is 20.7. The monoisotopic (exact) mass is 549 g/mol. The van der Waals surface area contributed by atoms with Crippen molar-refractivity contribution in [1.82, 2.24) is 4.57 Å². The van der Waals surface area contributed by atoms with Gasteiger partial charge in [-0.1, -0.05) is 107 Å². The lowest BCUT2D eigenvalue weighted by molar-refractivity contribution is 1.18. The first-order chi connectivity index (χ1) is 18.7. The highest BCUT2D eigenvalue weighted by Gasteiger charge is 2.14. The fourth-order valence-electron chi connectivity index (χ4n) is 5.44. The summed E-state index contributed by atoms with van der Waals surface area (Å²) in [6.45, 7) is 0. The second-order valence-corrected chi connectivity index (χ2v) is 10.5. The van der Waals surface area contributed by atoms with Crippen molar-refractivity contribution in [3.8, 4) is 39.1 Å². The molecular weight excluding hydrogens is 526 g/mol. The number of hydrogen-bond donors (Lipinski definition) is 0. The Hall–Kier alpha value is -4.40. The van der Waals surface area contributed by atoms with Gasteiger partial charge in [-0.15, -0.1) is 0 Å². The summed E-state index contributed by atoms with van der Waals surface area (Å²) in [5.74, 6) is 0. The number of hydrogen-bond acceptors (Lipinski definition) is 0. The SMILES string of the molecule is Brc1ccc2c(c1)c1ccccc1n2-c1cccc(-c2cc(-c3ccccc3)cc(-c3ccccc3)c2)c1. The standard InChI is InChI=1S/C36H24BrN/c37-31-18-19-36-34(24-31)33-16-7-8-17-35(33)38(36)32-15-9-14-27(23-32)30-21-28(25-10-3-1-4-11-25)20-29(22-30)26-12-5-2-6-13-26/h1-24H. The maximum atomic E-state index is 3.67. The average Bonchev–Trinajstić information content (AvgIpc) is 3.31. The molecule has 7 rings (SSSR count). The molecule has 2 heteroatoms. The van der Waals surface area contributed by atoms with Gasteiger partial charge in [-0.3, -0.25) is 0 Å². The Bertz CT molecular complexity index is 1860. The van der Waals surface area contributed by atoms with Gasteiger partial charge in [0, 0.05) is 20.9 Å². The molecule has 0 saturated carbocycles. The number of fused-ring (bicyclic) bond motifs is 3. The molecule has 38 heavy (non-hydrogen) atoms. The summed E-state index contributed by atoms with van der Waals surface area (Å²) in [7, 11) is 0. The first-order valence-electron chi connectivity index (χ1n) is 12.8. The van der Waals surface area contributed by atoms with Crippen LogP contribution in [0.25, 0.3) is 60.9 Å². The lowest BCUT2D eigenvalue weighted by Crippen LogP contribution is -1.94. The molecule has 0 bridgehead atoms. The summed E-state index contributed by atoms with van der Waals surface area (Å²) in [6.07, 6.45) is 0. The summed E-state index contributed by atoms with van der Waals surface area (Å²) >= 11 is 3.67. The van der Waals surface area contributed by atoms with Crippen LogP contribution < -0.4 is 0 Å². The highest BCUT2D eigenvalue weighted by atomic mass is 79.9. The first-order valence-corrected chi connectivity index (χ1v) is 13.6. The molecule has 0 radical (unpaired) electrons. The van der Waals surface area contributed by atoms with Gasteiger partial charge < -0.3 is 4.57 Å². The number of para-hydroxylation sites is 1. The summed E-state index contributed by atoms with van der Waals surface area (Å²) in [5, 5.41) is 2.50. The van der Waals surface area contributed by atoms with E-state index < -0.39 is 0 Å². The Morgan fingerprint density at radius 1 is 0.368 bits per heavy atom. The number of rotatable bonds is 4. The van der Waals surface area contributed by atoms with Crippen molar-refractivity contribution in [2.24, 2.45) is 0 Å². The van der Waals surface area contributed by atoms with Crippen molar-refractivity contribution < 1.29 is 0 Å². The van der Waals surface area contributed by atoms with E-state index in [0.717, 1.165) is 10.2 Å². The highest BCUT2D eigenvalue weighted by molar-refractivity contribution is 9.10. The van der Waals surface area contributed by atoms with E-state index in [1.807, 2.05) is 0 Å². The Balaban J connectivity index is 1.44. The lowest BCUT2D eigenvalue weighted by atomic mass is 9.93. The van der Waals surface area contributed by atoms with Crippen LogP contribution in [-0.4, -0.2) is 4.57 Å². The van der Waals surface area contributed by atoms with E-state index in [-0.39, 0.29) is 0 Å². The van der Waals surface area contributed by atoms with Crippen LogP contribution in [0.3, 0.4) is 0 Å². The van der Waals surface area contributed by atoms with E-state index in [0.29, 0.717) is 0 Å². The molecule has 1 heterocycles. The minimum Gasteiger partial charge on any atom is -0.309 e. The predicted octanol–water partition coefficient (Wildman–Crippen LogP) is 10.5. The fourth-order valence-corrected chi connectivity index (χ4v) is 5.80. The van der Waals surface area contributed by atoms with E-state index in [9.17, 15) is 0 Å². The van der Waals surface area contributed by atoms with Crippen LogP contribution in [0.4, 0.5) is 0 Å². The smallest absolute Gasteiger partial charge is 0.0541 e. The topological polar surface area (TPSA) is 4.93 Å². The summed E-state index contributed by atoms with van der Waals surface area (Å²) in [4.78, 5) is 0. The lowest BCUT2D eigenvalue weighted by Gasteiger charge is -2.13. The summed E-state index contributed by atoms with van der Waals surface area (Å²) in [6, 6.07) is 52.3. The number of nitrogens with zero attached hydrogens (tertiary/aromatic N) is 1. The van der Waals surface area contributed by atoms with E-state index in [4.69, 9.17) is 0 Å². The van der Waals surface area contributed by atoms with E-state index in [2.05, 4.69) is 166 Å². The molecule has 0 aliphatic carbocycles. The van der Waals surface area contributed by atoms with Crippen molar-refractivity contribution in [3.63, 3.8) is 0 Å². The third-order valence-corrected chi connectivity index (χ3v) is 7.71. The van der Waals surface area contributed by atoms with Gasteiger partial charge in [0.15, 0.2) is 0 Å². The molecule has 6 aromatic carbocycles. The molecule has 1 aromatic heterocycles. The van der Waals surface area contributed by atoms with Crippen LogP contribution in [0.15, 0.2) is 150 Å². The van der Waals surface area contributed by atoms with Crippen LogP contribution in [0.5, 0.6) is 0 Å². The highest BCUT2D eigenvalue weighted by Crippen LogP contribution is 2.36. The molecule has 180 valence electrons. The van der Waals surface area contributed by atoms with Gasteiger partial charge in [0.2, 0.25) is 0 Å². The second kappa shape index (κ2) is 9.48. The Morgan fingerprint density at radius 3 is 1.61 bits per heavy atom. The van der Waals surface area contributed by atoms with Crippen LogP contribution in [-0.2, 0) is 0 Å². The molecule has 0 saturated heterocycles. The number of halogens is 1. The molecule has 0 spiro atoms. The molecule has 0 aliphatic rings. The molecule has 0 fully saturated rings. The van der Waals surface area contributed by atoms with Crippen molar-refractivity contribution >= 4 is 37.7 Å². The van der Waals surface area contributed by atoms with E-state index in [1.54, 1.807) is 0 Å². The molecule has 0 amide bonds. The molecule has 0 unspecified atom stereocenters. The van der Waals surface area contributed by atoms with Crippen molar-refractivity contribution in [2.45, 2.75) is 0 Å². The largest absolute Gasteiger partial charge is 0.309 e. The van der Waals surface area contributed by atoms with E-state index >= 15 is 0 Å². The van der Waals surface area contributed by atoms with Gasteiger partial charge in [0.1, 0.15) is 0 Å². The quantitative estimate of drug-likeness (QED) is 0.205. The third kappa shape index (κ3) is 4.04. The number of benzene rings is 6. The summed E-state index contributed by atoms with van der Waals surface area (Å²) in [5.41, 5.74) is 10.8. The van der Waals surface area contributed by atoms with Crippen molar-refractivity contribution in [3.05, 3.63) is 150 Å². The molecule has 0 aliphatic heterocycles. The van der Waals surface area contributed by atoms with Gasteiger partial charge in [0.25, 0.3) is 0 Å². The predicted molar refractivity (Wildman–Crippen MR) is 165 cm³/mol. The van der Waals surface area contributed by atoms with Crippen LogP contribution in [0.2, 0.25) is 0 Å². The molecule has 7 aromatic rings. The zero-order valence-corrected chi connectivity index (χ0v) is 22.3. The summed E-state index contributed by atoms with van der Waals surface area (Å²) < 4.78 is 3.47. The Kier molecular flexibility index (Phi) is 5.68. The maximum Gasteiger partial charge on any atom is 0.0541 e. The van der Waals surface area contributed by atoms with Gasteiger partial charge >= 0.3 is 0 Å². The van der Waals surface area contributed by atoms with Crippen LogP contribution in [0.1, 0.15) is 0 Å². The van der Waals surface area contributed by atoms with Crippen molar-refractivity contribution in [1.29, 1.82) is 0 Å². The first kappa shape index (κ1) is 22.8. The third-order valence-electron chi connectivity index (χ3n) is 7.22. The fraction of sp³-hybridized carbons (Fsp3) is 0. The van der Waals surface area contributed by atoms with Gasteiger partial charge in [-0.25, -0.2) is 0 Å². The molecule has 1 nitrogen and oxygen atoms in total. The van der Waals surface area contributed by atoms with Crippen LogP contribution in [0, 0.1) is 0 Å². The zero-order chi connectivity index (χ0) is 25.5. The molecular formula is C36H24BrN. The Morgan fingerprint density at radius 2 is 0.921 bits per heavy atom. The second-order valence-electron chi connectivity index (χ2n) is 9.60. The number of aromatic nitrogens is 1. The average molecular weight is 550 g/mol. The van der Waals surface area contributed by atoms with Gasteiger partial charge in [-0.05, 0) is 88.0 Å². The van der Waals surface area contributed by atoms with Crippen molar-refractivity contribution in [2.75, 3.05) is 0 Å². The maximum absolute atomic E-state index is 3.67.